The van der Waals surface area contributed by atoms with Gasteiger partial charge in [0.1, 0.15) is 5.52 Å². The Bertz CT molecular complexity index is 788. The van der Waals surface area contributed by atoms with E-state index in [4.69, 9.17) is 12.2 Å². The van der Waals surface area contributed by atoms with E-state index < -0.39 is 0 Å². The fraction of sp³-hybridized carbons (Fsp3) is 0.364. The second kappa shape index (κ2) is 5.08. The molecule has 1 aliphatic rings. The highest BCUT2D eigenvalue weighted by Crippen LogP contribution is 2.21. The minimum absolute atomic E-state index is 0.254. The molecule has 0 saturated carbocycles. The largest absolute Gasteiger partial charge is 0.327 e. The van der Waals surface area contributed by atoms with Crippen molar-refractivity contribution in [1.82, 2.24) is 30.4 Å². The van der Waals surface area contributed by atoms with Gasteiger partial charge in [0, 0.05) is 24.5 Å². The number of nitrogens with one attached hydrogen (secondary N) is 4. The Kier molecular flexibility index (Phi) is 3.40. The molecule has 1 aliphatic heterocycles. The number of hydrogen-bond acceptors (Lipinski definition) is 6. The third kappa shape index (κ3) is 2.51. The molecule has 7 nitrogen and oxygen atoms in total. The lowest BCUT2D eigenvalue weighted by molar-refractivity contribution is 0.317. The molecule has 2 aromatic rings. The molecule has 2 aromatic heterocycles. The predicted molar refractivity (Wildman–Crippen MR) is 81.1 cm³/mol. The zero-order valence-corrected chi connectivity index (χ0v) is 12.6. The van der Waals surface area contributed by atoms with Crippen LogP contribution < -0.4 is 11.0 Å². The van der Waals surface area contributed by atoms with Crippen LogP contribution >= 0.6 is 24.0 Å². The average molecular weight is 310 g/mol. The molecule has 0 aliphatic carbocycles. The average Bonchev–Trinajstić information content (AvgIpc) is 2.90. The molecule has 0 aromatic carbocycles. The van der Waals surface area contributed by atoms with Gasteiger partial charge < -0.3 is 15.0 Å². The van der Waals surface area contributed by atoms with Gasteiger partial charge in [0.25, 0.3) is 5.56 Å². The van der Waals surface area contributed by atoms with E-state index in [1.165, 1.54) is 5.70 Å². The summed E-state index contributed by atoms with van der Waals surface area (Å²) in [6.45, 7) is 2.09. The van der Waals surface area contributed by atoms with Crippen LogP contribution in [0, 0.1) is 4.77 Å². The molecule has 3 heterocycles. The van der Waals surface area contributed by atoms with Gasteiger partial charge in [-0.2, -0.15) is 0 Å². The summed E-state index contributed by atoms with van der Waals surface area (Å²) in [6, 6.07) is 0.338. The zero-order valence-electron chi connectivity index (χ0n) is 11.0. The van der Waals surface area contributed by atoms with Gasteiger partial charge in [-0.25, -0.2) is 10.4 Å². The minimum Gasteiger partial charge on any atom is -0.327 e. The molecule has 3 rings (SSSR count). The van der Waals surface area contributed by atoms with Crippen molar-refractivity contribution in [3.8, 4) is 0 Å². The number of aromatic amines is 3. The summed E-state index contributed by atoms with van der Waals surface area (Å²) in [5, 5.41) is 2.69. The van der Waals surface area contributed by atoms with Crippen LogP contribution in [0.3, 0.4) is 0 Å². The van der Waals surface area contributed by atoms with Crippen molar-refractivity contribution < 1.29 is 0 Å². The summed E-state index contributed by atoms with van der Waals surface area (Å²) >= 11 is 6.46. The van der Waals surface area contributed by atoms with Crippen molar-refractivity contribution in [1.29, 1.82) is 0 Å². The van der Waals surface area contributed by atoms with Crippen LogP contribution in [-0.2, 0) is 0 Å². The molecule has 0 radical (unpaired) electrons. The number of thioether (sulfide) groups is 1. The summed E-state index contributed by atoms with van der Waals surface area (Å²) in [7, 11) is 1.98. The van der Waals surface area contributed by atoms with Crippen molar-refractivity contribution in [3.63, 3.8) is 0 Å². The maximum absolute atomic E-state index is 11.7. The molecule has 4 N–H and O–H groups in total. The van der Waals surface area contributed by atoms with Crippen LogP contribution in [0.5, 0.6) is 0 Å². The molecule has 106 valence electrons. The quantitative estimate of drug-likeness (QED) is 0.501. The maximum Gasteiger partial charge on any atom is 0.277 e. The normalized spacial score (nSPS) is 18.8. The van der Waals surface area contributed by atoms with E-state index in [1.807, 2.05) is 12.1 Å². The Labute approximate surface area is 123 Å². The fourth-order valence-corrected chi connectivity index (χ4v) is 3.19. The second-order valence-corrected chi connectivity index (χ2v) is 5.97. The Morgan fingerprint density at radius 3 is 2.95 bits per heavy atom. The highest BCUT2D eigenvalue weighted by molar-refractivity contribution is 7.99. The van der Waals surface area contributed by atoms with Crippen molar-refractivity contribution in [2.24, 2.45) is 0 Å². The molecule has 0 spiro atoms. The molecule has 0 bridgehead atoms. The lowest BCUT2D eigenvalue weighted by atomic mass is 10.3. The van der Waals surface area contributed by atoms with E-state index in [-0.39, 0.29) is 10.3 Å². The lowest BCUT2D eigenvalue weighted by Gasteiger charge is -2.16. The number of H-pyrrole nitrogens is 3. The van der Waals surface area contributed by atoms with Gasteiger partial charge in [0.15, 0.2) is 15.6 Å². The van der Waals surface area contributed by atoms with Crippen LogP contribution in [0.15, 0.2) is 21.7 Å². The van der Waals surface area contributed by atoms with Crippen LogP contribution in [0.2, 0.25) is 0 Å². The van der Waals surface area contributed by atoms with Crippen LogP contribution in [0.4, 0.5) is 0 Å². The smallest absolute Gasteiger partial charge is 0.277 e. The highest BCUT2D eigenvalue weighted by atomic mass is 32.2. The number of imidazole rings is 1. The molecule has 20 heavy (non-hydrogen) atoms. The third-order valence-electron chi connectivity index (χ3n) is 3.00. The van der Waals surface area contributed by atoms with Gasteiger partial charge in [0.05, 0.1) is 0 Å². The number of nitrogens with zero attached hydrogens (tertiary/aromatic N) is 2. The molecular formula is C11H14N6OS2. The Morgan fingerprint density at radius 2 is 2.25 bits per heavy atom. The van der Waals surface area contributed by atoms with Crippen molar-refractivity contribution in [2.45, 2.75) is 18.1 Å². The van der Waals surface area contributed by atoms with Crippen molar-refractivity contribution >= 4 is 35.1 Å². The number of hydrazine groups is 1. The molecule has 1 unspecified atom stereocenters. The number of aromatic nitrogens is 4. The summed E-state index contributed by atoms with van der Waals surface area (Å²) in [5.74, 6) is 0.770. The molecule has 0 saturated heterocycles. The highest BCUT2D eigenvalue weighted by Gasteiger charge is 2.16. The molecule has 9 heteroatoms. The van der Waals surface area contributed by atoms with Gasteiger partial charge >= 0.3 is 0 Å². The third-order valence-corrected chi connectivity index (χ3v) is 4.11. The van der Waals surface area contributed by atoms with Gasteiger partial charge in [-0.15, -0.1) is 0 Å². The summed E-state index contributed by atoms with van der Waals surface area (Å²) in [6.07, 6.45) is 2.16. The topological polar surface area (TPSA) is 92.6 Å². The molecule has 0 amide bonds. The monoisotopic (exact) mass is 310 g/mol. The zero-order chi connectivity index (χ0) is 14.3. The van der Waals surface area contributed by atoms with E-state index in [2.05, 4.69) is 38.4 Å². The van der Waals surface area contributed by atoms with Crippen LogP contribution in [0.25, 0.3) is 11.2 Å². The Hall–Kier alpha value is -1.58. The summed E-state index contributed by atoms with van der Waals surface area (Å²) < 4.78 is 0.279. The van der Waals surface area contributed by atoms with E-state index in [0.29, 0.717) is 22.4 Å². The van der Waals surface area contributed by atoms with Crippen LogP contribution in [0.1, 0.15) is 6.92 Å². The molecule has 1 atom stereocenters. The van der Waals surface area contributed by atoms with E-state index in [0.717, 1.165) is 5.75 Å². The molecule has 0 fully saturated rings. The first-order valence-corrected chi connectivity index (χ1v) is 7.48. The second-order valence-electron chi connectivity index (χ2n) is 4.60. The Balaban J connectivity index is 1.82. The summed E-state index contributed by atoms with van der Waals surface area (Å²) in [4.78, 5) is 24.5. The SMILES string of the molecule is CC1C=C(CSc2nc3[nH]c(=S)[nH]c(=O)c3[nH]2)N(C)N1. The lowest BCUT2D eigenvalue weighted by Crippen LogP contribution is -2.32. The first-order valence-electron chi connectivity index (χ1n) is 6.08. The number of fused-ring (bicyclic) bond motifs is 1. The maximum atomic E-state index is 11.7. The van der Waals surface area contributed by atoms with E-state index >= 15 is 0 Å². The van der Waals surface area contributed by atoms with E-state index in [1.54, 1.807) is 11.8 Å². The predicted octanol–water partition coefficient (Wildman–Crippen LogP) is 1.12. The van der Waals surface area contributed by atoms with Crippen molar-refractivity contribution in [3.05, 3.63) is 26.9 Å². The molecular weight excluding hydrogens is 296 g/mol. The Morgan fingerprint density at radius 1 is 1.45 bits per heavy atom. The van der Waals surface area contributed by atoms with Crippen LogP contribution in [-0.4, -0.2) is 43.8 Å². The van der Waals surface area contributed by atoms with E-state index in [9.17, 15) is 4.79 Å². The van der Waals surface area contributed by atoms with Gasteiger partial charge in [-0.1, -0.05) is 11.8 Å². The number of rotatable bonds is 3. The van der Waals surface area contributed by atoms with Gasteiger partial charge in [-0.05, 0) is 25.2 Å². The first kappa shape index (κ1) is 13.4. The van der Waals surface area contributed by atoms with Gasteiger partial charge in [-0.3, -0.25) is 9.78 Å². The van der Waals surface area contributed by atoms with Crippen molar-refractivity contribution in [2.75, 3.05) is 12.8 Å². The van der Waals surface area contributed by atoms with Gasteiger partial charge in [0.2, 0.25) is 0 Å². The fourth-order valence-electron chi connectivity index (χ4n) is 2.09. The minimum atomic E-state index is -0.254. The standard InChI is InChI=1S/C11H14N6OS2/c1-5-3-6(17(2)16-5)4-20-11-12-7-8(14-11)13-10(19)15-9(7)18/h3,5,16H,4H2,1-2H3,(H3,12,13,14,15,18,19). The number of hydrogen-bond donors (Lipinski definition) is 4. The first-order chi connectivity index (χ1) is 9.52. The summed E-state index contributed by atoms with van der Waals surface area (Å²) in [5.41, 5.74) is 5.10.